The van der Waals surface area contributed by atoms with Crippen LogP contribution >= 0.6 is 0 Å². The Morgan fingerprint density at radius 3 is 2.53 bits per heavy atom. The van der Waals surface area contributed by atoms with Crippen molar-refractivity contribution in [1.82, 2.24) is 5.32 Å². The number of carbonyl (C=O) groups is 2. The predicted octanol–water partition coefficient (Wildman–Crippen LogP) is 1.55. The van der Waals surface area contributed by atoms with Gasteiger partial charge in [-0.3, -0.25) is 4.79 Å². The average Bonchev–Trinajstić information content (AvgIpc) is 2.97. The van der Waals surface area contributed by atoms with Gasteiger partial charge in [0.2, 0.25) is 5.91 Å². The van der Waals surface area contributed by atoms with E-state index < -0.39 is 12.0 Å². The third kappa shape index (κ3) is 4.32. The van der Waals surface area contributed by atoms with Crippen LogP contribution in [0.2, 0.25) is 0 Å². The van der Waals surface area contributed by atoms with Gasteiger partial charge in [-0.25, -0.2) is 4.79 Å². The second kappa shape index (κ2) is 5.73. The number of hydrogen-bond acceptors (Lipinski definition) is 2. The number of carboxylic acids is 1. The molecule has 0 heterocycles. The fourth-order valence-corrected chi connectivity index (χ4v) is 1.59. The van der Waals surface area contributed by atoms with Gasteiger partial charge in [0.15, 0.2) is 0 Å². The van der Waals surface area contributed by atoms with E-state index in [4.69, 9.17) is 5.11 Å². The van der Waals surface area contributed by atoms with Gasteiger partial charge in [-0.2, -0.15) is 0 Å². The van der Waals surface area contributed by atoms with Crippen LogP contribution in [0.25, 0.3) is 0 Å². The van der Waals surface area contributed by atoms with Gasteiger partial charge in [-0.05, 0) is 25.2 Å². The molecule has 1 saturated carbocycles. The summed E-state index contributed by atoms with van der Waals surface area (Å²) in [7, 11) is 0. The second-order valence-electron chi connectivity index (χ2n) is 4.18. The number of nitrogens with one attached hydrogen (secondary N) is 1. The highest BCUT2D eigenvalue weighted by molar-refractivity contribution is 5.83. The Bertz CT molecular complexity index is 236. The van der Waals surface area contributed by atoms with E-state index in [9.17, 15) is 9.59 Å². The quantitative estimate of drug-likeness (QED) is 0.630. The maximum atomic E-state index is 11.4. The Kier molecular flexibility index (Phi) is 4.59. The molecule has 0 aromatic carbocycles. The number of carboxylic acid groups (broad SMARTS) is 1. The summed E-state index contributed by atoms with van der Waals surface area (Å²) in [4.78, 5) is 22.2. The molecule has 4 heteroatoms. The largest absolute Gasteiger partial charge is 0.480 e. The molecule has 1 rings (SSSR count). The van der Waals surface area contributed by atoms with Crippen LogP contribution in [0.1, 0.15) is 45.4 Å². The average molecular weight is 213 g/mol. The van der Waals surface area contributed by atoms with E-state index in [2.05, 4.69) is 12.2 Å². The molecule has 1 atom stereocenters. The van der Waals surface area contributed by atoms with Gasteiger partial charge in [0.05, 0.1) is 0 Å². The van der Waals surface area contributed by atoms with Crippen LogP contribution < -0.4 is 5.32 Å². The van der Waals surface area contributed by atoms with Crippen molar-refractivity contribution >= 4 is 11.9 Å². The minimum Gasteiger partial charge on any atom is -0.480 e. The minimum absolute atomic E-state index is 0.122. The third-order valence-electron chi connectivity index (χ3n) is 2.68. The van der Waals surface area contributed by atoms with Crippen molar-refractivity contribution in [3.8, 4) is 0 Å². The molecule has 2 N–H and O–H groups in total. The molecular weight excluding hydrogens is 194 g/mol. The lowest BCUT2D eigenvalue weighted by atomic mass is 10.1. The van der Waals surface area contributed by atoms with Crippen molar-refractivity contribution in [2.24, 2.45) is 5.92 Å². The van der Waals surface area contributed by atoms with Crippen molar-refractivity contribution in [1.29, 1.82) is 0 Å². The first-order valence-corrected chi connectivity index (χ1v) is 5.67. The highest BCUT2D eigenvalue weighted by Gasteiger charge is 2.36. The monoisotopic (exact) mass is 213 g/mol. The highest BCUT2D eigenvalue weighted by Crippen LogP contribution is 2.32. The van der Waals surface area contributed by atoms with Crippen molar-refractivity contribution in [3.63, 3.8) is 0 Å². The highest BCUT2D eigenvalue weighted by atomic mass is 16.4. The molecule has 1 fully saturated rings. The van der Waals surface area contributed by atoms with Crippen LogP contribution in [-0.2, 0) is 9.59 Å². The van der Waals surface area contributed by atoms with Gasteiger partial charge in [0, 0.05) is 6.42 Å². The molecule has 1 aliphatic rings. The molecule has 15 heavy (non-hydrogen) atoms. The van der Waals surface area contributed by atoms with Gasteiger partial charge in [-0.15, -0.1) is 0 Å². The van der Waals surface area contributed by atoms with Gasteiger partial charge in [0.25, 0.3) is 0 Å². The van der Waals surface area contributed by atoms with E-state index in [0.29, 0.717) is 6.42 Å². The Balaban J connectivity index is 2.24. The van der Waals surface area contributed by atoms with Crippen LogP contribution in [0.5, 0.6) is 0 Å². The molecule has 1 amide bonds. The van der Waals surface area contributed by atoms with E-state index in [0.717, 1.165) is 32.1 Å². The van der Waals surface area contributed by atoms with Crippen LogP contribution in [0.3, 0.4) is 0 Å². The summed E-state index contributed by atoms with van der Waals surface area (Å²) in [6, 6.07) is -0.654. The lowest BCUT2D eigenvalue weighted by Crippen LogP contribution is -2.42. The van der Waals surface area contributed by atoms with E-state index in [-0.39, 0.29) is 11.8 Å². The SMILES string of the molecule is CCCCCC(=O)NC(C(=O)O)C1CC1. The van der Waals surface area contributed by atoms with E-state index >= 15 is 0 Å². The third-order valence-corrected chi connectivity index (χ3v) is 2.68. The first-order valence-electron chi connectivity index (χ1n) is 5.67. The molecular formula is C11H19NO3. The molecule has 0 bridgehead atoms. The van der Waals surface area contributed by atoms with E-state index in [1.54, 1.807) is 0 Å². The smallest absolute Gasteiger partial charge is 0.326 e. The maximum Gasteiger partial charge on any atom is 0.326 e. The molecule has 0 spiro atoms. The summed E-state index contributed by atoms with van der Waals surface area (Å²) in [5.74, 6) is -0.860. The zero-order valence-electron chi connectivity index (χ0n) is 9.16. The Hall–Kier alpha value is -1.06. The zero-order chi connectivity index (χ0) is 11.3. The van der Waals surface area contributed by atoms with E-state index in [1.807, 2.05) is 0 Å². The fourth-order valence-electron chi connectivity index (χ4n) is 1.59. The first-order chi connectivity index (χ1) is 7.15. The van der Waals surface area contributed by atoms with E-state index in [1.165, 1.54) is 0 Å². The zero-order valence-corrected chi connectivity index (χ0v) is 9.16. The number of hydrogen-bond donors (Lipinski definition) is 2. The van der Waals surface area contributed by atoms with Crippen LogP contribution in [-0.4, -0.2) is 23.0 Å². The molecule has 1 unspecified atom stereocenters. The second-order valence-corrected chi connectivity index (χ2v) is 4.18. The molecule has 0 aromatic heterocycles. The molecule has 0 radical (unpaired) electrons. The molecule has 1 aliphatic carbocycles. The molecule has 0 aliphatic heterocycles. The van der Waals surface area contributed by atoms with Crippen LogP contribution in [0.15, 0.2) is 0 Å². The summed E-state index contributed by atoms with van der Waals surface area (Å²) in [6.45, 7) is 2.07. The molecule has 0 aromatic rings. The summed E-state index contributed by atoms with van der Waals surface area (Å²) in [5.41, 5.74) is 0. The number of rotatable bonds is 7. The number of carbonyl (C=O) groups excluding carboxylic acids is 1. The lowest BCUT2D eigenvalue weighted by Gasteiger charge is -2.13. The minimum atomic E-state index is -0.902. The normalized spacial score (nSPS) is 17.1. The topological polar surface area (TPSA) is 66.4 Å². The number of unbranched alkanes of at least 4 members (excludes halogenated alkanes) is 2. The van der Waals surface area contributed by atoms with Crippen molar-refractivity contribution in [2.45, 2.75) is 51.5 Å². The number of aliphatic carboxylic acids is 1. The van der Waals surface area contributed by atoms with Gasteiger partial charge in [-0.1, -0.05) is 19.8 Å². The standard InChI is InChI=1S/C11H19NO3/c1-2-3-4-5-9(13)12-10(11(14)15)8-6-7-8/h8,10H,2-7H2,1H3,(H,12,13)(H,14,15). The predicted molar refractivity (Wildman–Crippen MR) is 56.4 cm³/mol. The van der Waals surface area contributed by atoms with Gasteiger partial charge in [0.1, 0.15) is 6.04 Å². The van der Waals surface area contributed by atoms with Crippen molar-refractivity contribution in [3.05, 3.63) is 0 Å². The van der Waals surface area contributed by atoms with Crippen molar-refractivity contribution in [2.75, 3.05) is 0 Å². The Morgan fingerprint density at radius 2 is 2.07 bits per heavy atom. The maximum absolute atomic E-state index is 11.4. The summed E-state index contributed by atoms with van der Waals surface area (Å²) in [6.07, 6.45) is 5.23. The summed E-state index contributed by atoms with van der Waals surface area (Å²) in [5, 5.41) is 11.5. The number of amides is 1. The van der Waals surface area contributed by atoms with Crippen molar-refractivity contribution < 1.29 is 14.7 Å². The van der Waals surface area contributed by atoms with Crippen LogP contribution in [0.4, 0.5) is 0 Å². The van der Waals surface area contributed by atoms with Crippen LogP contribution in [0, 0.1) is 5.92 Å². The summed E-state index contributed by atoms with van der Waals surface area (Å²) >= 11 is 0. The summed E-state index contributed by atoms with van der Waals surface area (Å²) < 4.78 is 0. The first kappa shape index (κ1) is 12.0. The van der Waals surface area contributed by atoms with Gasteiger partial charge >= 0.3 is 5.97 Å². The Morgan fingerprint density at radius 1 is 1.40 bits per heavy atom. The molecule has 4 nitrogen and oxygen atoms in total. The Labute approximate surface area is 90.0 Å². The fraction of sp³-hybridized carbons (Fsp3) is 0.818. The molecule has 0 saturated heterocycles. The lowest BCUT2D eigenvalue weighted by molar-refractivity contribution is -0.142. The molecule has 86 valence electrons. The van der Waals surface area contributed by atoms with Gasteiger partial charge < -0.3 is 10.4 Å².